The van der Waals surface area contributed by atoms with E-state index in [0.29, 0.717) is 16.4 Å². The van der Waals surface area contributed by atoms with Crippen LogP contribution in [0.4, 0.5) is 4.39 Å². The number of hydrogen-bond acceptors (Lipinski definition) is 6. The van der Waals surface area contributed by atoms with Gasteiger partial charge in [-0.2, -0.15) is 0 Å². The van der Waals surface area contributed by atoms with E-state index in [4.69, 9.17) is 9.73 Å². The fraction of sp³-hybridized carbons (Fsp3) is 0.219. The van der Waals surface area contributed by atoms with Crippen molar-refractivity contribution in [1.29, 1.82) is 0 Å². The van der Waals surface area contributed by atoms with E-state index in [1.807, 2.05) is 66.6 Å². The Morgan fingerprint density at radius 3 is 2.52 bits per heavy atom. The van der Waals surface area contributed by atoms with Crippen molar-refractivity contribution in [3.63, 3.8) is 0 Å². The van der Waals surface area contributed by atoms with Crippen LogP contribution in [0.3, 0.4) is 0 Å². The van der Waals surface area contributed by atoms with Crippen molar-refractivity contribution in [3.05, 3.63) is 123 Å². The second-order valence-corrected chi connectivity index (χ2v) is 10.5. The Bertz CT molecular complexity index is 1530. The summed E-state index contributed by atoms with van der Waals surface area (Å²) in [5, 5.41) is 5.54. The summed E-state index contributed by atoms with van der Waals surface area (Å²) in [6.07, 6.45) is 0.0886. The van der Waals surface area contributed by atoms with E-state index in [0.717, 1.165) is 33.5 Å². The molecule has 0 spiro atoms. The highest BCUT2D eigenvalue weighted by atomic mass is 32.2. The molecule has 6 nitrogen and oxygen atoms in total. The van der Waals surface area contributed by atoms with Gasteiger partial charge in [0.15, 0.2) is 5.17 Å². The van der Waals surface area contributed by atoms with E-state index >= 15 is 0 Å². The van der Waals surface area contributed by atoms with Crippen molar-refractivity contribution in [2.24, 2.45) is 4.99 Å². The number of amidine groups is 1. The van der Waals surface area contributed by atoms with Crippen LogP contribution in [-0.2, 0) is 20.9 Å². The Balaban J connectivity index is 1.54. The molecule has 0 aliphatic carbocycles. The molecule has 1 amide bonds. The lowest BCUT2D eigenvalue weighted by molar-refractivity contribution is -0.139. The molecular weight excluding hydrogens is 525 g/mol. The monoisotopic (exact) mass is 555 g/mol. The Morgan fingerprint density at radius 1 is 1.05 bits per heavy atom. The van der Waals surface area contributed by atoms with Gasteiger partial charge in [-0.25, -0.2) is 14.2 Å². The van der Waals surface area contributed by atoms with Crippen LogP contribution in [0, 0.1) is 19.7 Å². The van der Waals surface area contributed by atoms with Gasteiger partial charge in [-0.3, -0.25) is 4.79 Å². The first-order valence-corrected chi connectivity index (χ1v) is 14.0. The van der Waals surface area contributed by atoms with Gasteiger partial charge in [0.2, 0.25) is 5.91 Å². The van der Waals surface area contributed by atoms with E-state index in [-0.39, 0.29) is 31.3 Å². The number of benzene rings is 3. The first kappa shape index (κ1) is 27.4. The zero-order valence-corrected chi connectivity index (χ0v) is 23.4. The average molecular weight is 556 g/mol. The number of aliphatic imine (C=N–C) groups is 1. The predicted octanol–water partition coefficient (Wildman–Crippen LogP) is 6.42. The number of halogens is 1. The maximum atomic E-state index is 13.7. The van der Waals surface area contributed by atoms with Crippen LogP contribution >= 0.6 is 11.8 Å². The van der Waals surface area contributed by atoms with E-state index in [1.165, 1.54) is 23.9 Å². The van der Waals surface area contributed by atoms with Crippen molar-refractivity contribution < 1.29 is 18.7 Å². The first-order valence-electron chi connectivity index (χ1n) is 13.1. The summed E-state index contributed by atoms with van der Waals surface area (Å²) >= 11 is 1.43. The molecular formula is C32H30FN3O3S. The molecule has 0 saturated carbocycles. The quantitative estimate of drug-likeness (QED) is 0.325. The van der Waals surface area contributed by atoms with E-state index < -0.39 is 12.0 Å². The van der Waals surface area contributed by atoms with Crippen LogP contribution in [0.15, 0.2) is 94.5 Å². The molecule has 0 saturated heterocycles. The number of thioether (sulfide) groups is 1. The molecule has 3 aromatic rings. The number of fused-ring (bicyclic) bond motifs is 1. The molecule has 40 heavy (non-hydrogen) atoms. The molecule has 0 bridgehead atoms. The predicted molar refractivity (Wildman–Crippen MR) is 156 cm³/mol. The first-order chi connectivity index (χ1) is 19.4. The molecule has 2 aliphatic heterocycles. The van der Waals surface area contributed by atoms with Gasteiger partial charge in [-0.15, -0.1) is 0 Å². The Labute approximate surface area is 237 Å². The van der Waals surface area contributed by atoms with Gasteiger partial charge in [-0.1, -0.05) is 78.0 Å². The SMILES string of the molecule is CCOC(=O)C1=C(c2ccccc2)N=C2SC=C(CC(=O)NCc3ccc(F)cc3)N2[C@@H]1c1cc(C)ccc1C. The Morgan fingerprint density at radius 2 is 1.80 bits per heavy atom. The van der Waals surface area contributed by atoms with Gasteiger partial charge in [0.25, 0.3) is 0 Å². The molecule has 3 aromatic carbocycles. The van der Waals surface area contributed by atoms with Crippen molar-refractivity contribution in [3.8, 4) is 0 Å². The van der Waals surface area contributed by atoms with Gasteiger partial charge >= 0.3 is 5.97 Å². The zero-order valence-electron chi connectivity index (χ0n) is 22.6. The number of nitrogens with one attached hydrogen (secondary N) is 1. The summed E-state index contributed by atoms with van der Waals surface area (Å²) in [5.74, 6) is -0.947. The fourth-order valence-electron chi connectivity index (χ4n) is 4.87. The maximum absolute atomic E-state index is 13.7. The highest BCUT2D eigenvalue weighted by molar-refractivity contribution is 8.16. The topological polar surface area (TPSA) is 71.0 Å². The summed E-state index contributed by atoms with van der Waals surface area (Å²) < 4.78 is 18.9. The van der Waals surface area contributed by atoms with Crippen LogP contribution in [0.1, 0.15) is 47.2 Å². The van der Waals surface area contributed by atoms with Crippen LogP contribution in [-0.4, -0.2) is 28.6 Å². The minimum Gasteiger partial charge on any atom is -0.463 e. The molecule has 5 rings (SSSR count). The van der Waals surface area contributed by atoms with Crippen molar-refractivity contribution in [2.45, 2.75) is 39.8 Å². The molecule has 0 unspecified atom stereocenters. The standard InChI is InChI=1S/C32H30FN3O3S/c1-4-39-31(38)28-29(23-8-6-5-7-9-23)35-32-36(30(28)26-16-20(2)10-11-21(26)3)25(19-40-32)17-27(37)34-18-22-12-14-24(33)15-13-22/h5-16,19,30H,4,17-18H2,1-3H3,(H,34,37)/t30-/m1/s1. The Hall–Kier alpha value is -4.17. The van der Waals surface area contributed by atoms with Crippen LogP contribution < -0.4 is 5.32 Å². The number of aryl methyl sites for hydroxylation is 2. The third kappa shape index (κ3) is 5.72. The van der Waals surface area contributed by atoms with Crippen LogP contribution in [0.25, 0.3) is 5.70 Å². The molecule has 0 fully saturated rings. The second-order valence-electron chi connectivity index (χ2n) is 9.68. The lowest BCUT2D eigenvalue weighted by atomic mass is 9.88. The molecule has 0 aromatic heterocycles. The largest absolute Gasteiger partial charge is 0.463 e. The van der Waals surface area contributed by atoms with Gasteiger partial charge in [0, 0.05) is 17.8 Å². The van der Waals surface area contributed by atoms with Gasteiger partial charge < -0.3 is 15.0 Å². The molecule has 8 heteroatoms. The number of carbonyl (C=O) groups is 2. The maximum Gasteiger partial charge on any atom is 0.338 e. The van der Waals surface area contributed by atoms with Crippen molar-refractivity contribution in [2.75, 3.05) is 6.61 Å². The highest BCUT2D eigenvalue weighted by Gasteiger charge is 2.42. The lowest BCUT2D eigenvalue weighted by Crippen LogP contribution is -2.38. The minimum absolute atomic E-state index is 0.0886. The molecule has 1 N–H and O–H groups in total. The third-order valence-corrected chi connectivity index (χ3v) is 7.72. The smallest absolute Gasteiger partial charge is 0.338 e. The number of esters is 1. The number of ether oxygens (including phenoxy) is 1. The lowest BCUT2D eigenvalue weighted by Gasteiger charge is -2.37. The van der Waals surface area contributed by atoms with Gasteiger partial charge in [-0.05, 0) is 55.0 Å². The van der Waals surface area contributed by atoms with E-state index in [9.17, 15) is 14.0 Å². The molecule has 2 aliphatic rings. The fourth-order valence-corrected chi connectivity index (χ4v) is 5.79. The number of rotatable bonds is 8. The normalized spacial score (nSPS) is 16.3. The van der Waals surface area contributed by atoms with Crippen molar-refractivity contribution >= 4 is 34.5 Å². The summed E-state index contributed by atoms with van der Waals surface area (Å²) in [6, 6.07) is 21.3. The summed E-state index contributed by atoms with van der Waals surface area (Å²) in [6.45, 7) is 6.34. The molecule has 2 heterocycles. The van der Waals surface area contributed by atoms with Crippen LogP contribution in [0.2, 0.25) is 0 Å². The second kappa shape index (κ2) is 11.9. The third-order valence-electron chi connectivity index (χ3n) is 6.83. The zero-order chi connectivity index (χ0) is 28.2. The Kier molecular flexibility index (Phi) is 8.16. The van der Waals surface area contributed by atoms with E-state index in [1.54, 1.807) is 19.1 Å². The number of nitrogens with zero attached hydrogens (tertiary/aromatic N) is 2. The average Bonchev–Trinajstić information content (AvgIpc) is 3.35. The van der Waals surface area contributed by atoms with Gasteiger partial charge in [0.05, 0.1) is 30.3 Å². The minimum atomic E-state index is -0.534. The molecule has 0 radical (unpaired) electrons. The number of hydrogen-bond donors (Lipinski definition) is 1. The van der Waals surface area contributed by atoms with Gasteiger partial charge in [0.1, 0.15) is 5.82 Å². The highest BCUT2D eigenvalue weighted by Crippen LogP contribution is 2.47. The van der Waals surface area contributed by atoms with Crippen molar-refractivity contribution in [1.82, 2.24) is 10.2 Å². The molecule has 204 valence electrons. The summed E-state index contributed by atoms with van der Waals surface area (Å²) in [5.41, 5.74) is 6.39. The molecule has 1 atom stereocenters. The van der Waals surface area contributed by atoms with Crippen LogP contribution in [0.5, 0.6) is 0 Å². The number of amides is 1. The number of carbonyl (C=O) groups excluding carboxylic acids is 2. The summed E-state index contributed by atoms with van der Waals surface area (Å²) in [4.78, 5) is 33.7. The van der Waals surface area contributed by atoms with E-state index in [2.05, 4.69) is 11.4 Å². The summed E-state index contributed by atoms with van der Waals surface area (Å²) in [7, 11) is 0.